The number of anilines is 1. The van der Waals surface area contributed by atoms with E-state index >= 15 is 0 Å². The summed E-state index contributed by atoms with van der Waals surface area (Å²) in [5.41, 5.74) is 8.12. The zero-order chi connectivity index (χ0) is 24.9. The minimum atomic E-state index is -1.81. The molecule has 2 heterocycles. The Hall–Kier alpha value is -3.99. The maximum absolute atomic E-state index is 12.9. The normalized spacial score (nSPS) is 18.3. The summed E-state index contributed by atoms with van der Waals surface area (Å²) in [6.45, 7) is 0.981. The highest BCUT2D eigenvalue weighted by molar-refractivity contribution is 7.13. The van der Waals surface area contributed by atoms with Crippen LogP contribution in [0.2, 0.25) is 0 Å². The van der Waals surface area contributed by atoms with Crippen LogP contribution in [0.1, 0.15) is 19.5 Å². The number of nitrogens with two attached hydrogens (primary N) is 2. The van der Waals surface area contributed by atoms with E-state index in [1.807, 2.05) is 0 Å². The summed E-state index contributed by atoms with van der Waals surface area (Å²) in [4.78, 5) is 71.8. The Balaban J connectivity index is 2.24. The number of rotatable bonds is 11. The highest BCUT2D eigenvalue weighted by Crippen LogP contribution is 2.22. The molecule has 0 unspecified atom stereocenters. The Kier molecular flexibility index (Phi) is 7.72. The van der Waals surface area contributed by atoms with Gasteiger partial charge in [0.2, 0.25) is 5.60 Å². The molecule has 0 aromatic carbocycles. The van der Waals surface area contributed by atoms with Crippen LogP contribution in [0.15, 0.2) is 10.5 Å². The summed E-state index contributed by atoms with van der Waals surface area (Å²) in [7, 11) is 0. The van der Waals surface area contributed by atoms with Gasteiger partial charge in [0.05, 0.1) is 0 Å². The lowest BCUT2D eigenvalue weighted by Crippen LogP contribution is -2.72. The van der Waals surface area contributed by atoms with Crippen molar-refractivity contribution < 1.29 is 48.6 Å². The van der Waals surface area contributed by atoms with Crippen molar-refractivity contribution in [2.24, 2.45) is 10.9 Å². The first-order chi connectivity index (χ1) is 15.3. The van der Waals surface area contributed by atoms with Crippen LogP contribution < -0.4 is 16.8 Å². The van der Waals surface area contributed by atoms with Gasteiger partial charge in [0.15, 0.2) is 17.5 Å². The molecule has 0 bridgehead atoms. The summed E-state index contributed by atoms with van der Waals surface area (Å²) in [6.07, 6.45) is -1.18. The number of primary amides is 1. The number of ether oxygens (including phenoxy) is 1. The molecule has 1 aromatic heterocycles. The fraction of sp³-hybridized carbons (Fsp3) is 0.438. The molecule has 1 aromatic rings. The van der Waals surface area contributed by atoms with E-state index in [9.17, 15) is 24.0 Å². The van der Waals surface area contributed by atoms with Crippen molar-refractivity contribution in [1.29, 1.82) is 0 Å². The number of carboxylic acids is 2. The Morgan fingerprint density at radius 1 is 1.33 bits per heavy atom. The van der Waals surface area contributed by atoms with Gasteiger partial charge in [0, 0.05) is 5.38 Å². The van der Waals surface area contributed by atoms with E-state index in [0.29, 0.717) is 5.06 Å². The van der Waals surface area contributed by atoms with Crippen molar-refractivity contribution in [1.82, 2.24) is 15.4 Å². The Bertz CT molecular complexity index is 992. The first-order valence-corrected chi connectivity index (χ1v) is 9.83. The van der Waals surface area contributed by atoms with Crippen LogP contribution in [0.3, 0.4) is 0 Å². The molecule has 2 atom stereocenters. The fourth-order valence-electron chi connectivity index (χ4n) is 2.30. The van der Waals surface area contributed by atoms with Gasteiger partial charge < -0.3 is 36.6 Å². The maximum Gasteiger partial charge on any atom is 0.404 e. The first-order valence-electron chi connectivity index (χ1n) is 8.95. The Morgan fingerprint density at radius 2 is 2.00 bits per heavy atom. The monoisotopic (exact) mass is 488 g/mol. The zero-order valence-corrected chi connectivity index (χ0v) is 18.0. The van der Waals surface area contributed by atoms with E-state index in [1.165, 1.54) is 19.2 Å². The number of thiazole rings is 1. The molecule has 0 aliphatic carbocycles. The van der Waals surface area contributed by atoms with E-state index in [2.05, 4.69) is 20.2 Å². The first kappa shape index (κ1) is 25.3. The molecule has 1 aliphatic rings. The number of nitrogens with zero attached hydrogens (tertiary/aromatic N) is 3. The predicted molar refractivity (Wildman–Crippen MR) is 108 cm³/mol. The summed E-state index contributed by atoms with van der Waals surface area (Å²) in [6, 6.07) is -2.45. The van der Waals surface area contributed by atoms with Crippen LogP contribution in [0, 0.1) is 0 Å². The SMILES string of the molecule is CC(C)(O/N=C(\C(=O)N[C@@H]1C(=O)N(OCC(=O)O)[C@H]1COC(N)=O)c1csc(N)n1)C(=O)O. The second-order valence-electron chi connectivity index (χ2n) is 6.90. The van der Waals surface area contributed by atoms with Crippen LogP contribution in [0.5, 0.6) is 0 Å². The molecular weight excluding hydrogens is 468 g/mol. The van der Waals surface area contributed by atoms with Crippen molar-refractivity contribution in [3.8, 4) is 0 Å². The number of hydrogen-bond acceptors (Lipinski definition) is 12. The number of carbonyl (C=O) groups excluding carboxylic acids is 3. The number of oxime groups is 1. The lowest BCUT2D eigenvalue weighted by atomic mass is 9.98. The Labute approximate surface area is 189 Å². The highest BCUT2D eigenvalue weighted by Gasteiger charge is 2.51. The summed E-state index contributed by atoms with van der Waals surface area (Å²) in [5.74, 6) is -4.61. The summed E-state index contributed by atoms with van der Waals surface area (Å²) >= 11 is 0.962. The third kappa shape index (κ3) is 6.26. The van der Waals surface area contributed by atoms with Gasteiger partial charge in [-0.3, -0.25) is 14.4 Å². The third-order valence-electron chi connectivity index (χ3n) is 4.04. The molecule has 0 radical (unpaired) electrons. The molecule has 33 heavy (non-hydrogen) atoms. The van der Waals surface area contributed by atoms with E-state index < -0.39 is 66.5 Å². The predicted octanol–water partition coefficient (Wildman–Crippen LogP) is -1.88. The van der Waals surface area contributed by atoms with Crippen LogP contribution in [0.25, 0.3) is 0 Å². The number of aliphatic carboxylic acids is 2. The molecule has 1 saturated heterocycles. The summed E-state index contributed by atoms with van der Waals surface area (Å²) in [5, 5.41) is 25.8. The highest BCUT2D eigenvalue weighted by atomic mass is 32.1. The van der Waals surface area contributed by atoms with Gasteiger partial charge in [0.25, 0.3) is 11.8 Å². The zero-order valence-electron chi connectivity index (χ0n) is 17.2. The molecular formula is C16H20N6O10S. The van der Waals surface area contributed by atoms with Crippen molar-refractivity contribution in [3.63, 3.8) is 0 Å². The molecule has 0 saturated carbocycles. The van der Waals surface area contributed by atoms with Crippen molar-refractivity contribution in [3.05, 3.63) is 11.1 Å². The average molecular weight is 488 g/mol. The quantitative estimate of drug-likeness (QED) is 0.130. The van der Waals surface area contributed by atoms with Gasteiger partial charge in [0.1, 0.15) is 24.4 Å². The lowest BCUT2D eigenvalue weighted by molar-refractivity contribution is -0.240. The number of amides is 3. The standard InChI is InChI=1S/C16H20N6O10S/c1-16(2,13(27)28)32-21-9(6-5-33-14(17)19-6)11(25)20-10-7(3-30-15(18)29)22(12(10)26)31-4-8(23)24/h5,7,10H,3-4H2,1-2H3,(H2,17,19)(H2,18,29)(H,20,25)(H,23,24)(H,27,28)/b21-9-/t7-,10-/m0/s1. The topological polar surface area (TPSA) is 246 Å². The number of aromatic nitrogens is 1. The van der Waals surface area contributed by atoms with Gasteiger partial charge >= 0.3 is 18.0 Å². The summed E-state index contributed by atoms with van der Waals surface area (Å²) < 4.78 is 4.63. The Morgan fingerprint density at radius 3 is 2.52 bits per heavy atom. The van der Waals surface area contributed by atoms with Crippen molar-refractivity contribution >= 4 is 52.0 Å². The van der Waals surface area contributed by atoms with Gasteiger partial charge in [-0.25, -0.2) is 24.4 Å². The molecule has 1 aliphatic heterocycles. The minimum Gasteiger partial charge on any atom is -0.479 e. The van der Waals surface area contributed by atoms with Gasteiger partial charge in [-0.1, -0.05) is 5.16 Å². The number of hydrogen-bond donors (Lipinski definition) is 5. The van der Waals surface area contributed by atoms with Crippen molar-refractivity contribution in [2.45, 2.75) is 31.5 Å². The van der Waals surface area contributed by atoms with Gasteiger partial charge in [-0.15, -0.1) is 11.3 Å². The number of β-lactam (4-membered cyclic amide) rings is 1. The van der Waals surface area contributed by atoms with Gasteiger partial charge in [-0.2, -0.15) is 0 Å². The smallest absolute Gasteiger partial charge is 0.404 e. The van der Waals surface area contributed by atoms with Crippen LogP contribution in [0.4, 0.5) is 9.93 Å². The molecule has 2 rings (SSSR count). The van der Waals surface area contributed by atoms with E-state index in [4.69, 9.17) is 31.4 Å². The third-order valence-corrected chi connectivity index (χ3v) is 4.71. The number of nitrogens with one attached hydrogen (secondary N) is 1. The van der Waals surface area contributed by atoms with E-state index in [1.54, 1.807) is 0 Å². The number of hydroxylamine groups is 2. The van der Waals surface area contributed by atoms with E-state index in [0.717, 1.165) is 11.3 Å². The molecule has 0 spiro atoms. The number of carboxylic acid groups (broad SMARTS) is 2. The fourth-order valence-corrected chi connectivity index (χ4v) is 2.85. The molecule has 7 N–H and O–H groups in total. The molecule has 17 heteroatoms. The van der Waals surface area contributed by atoms with Crippen LogP contribution in [-0.4, -0.2) is 86.7 Å². The molecule has 180 valence electrons. The lowest BCUT2D eigenvalue weighted by Gasteiger charge is -2.44. The van der Waals surface area contributed by atoms with Crippen LogP contribution >= 0.6 is 11.3 Å². The molecule has 1 fully saturated rings. The number of carbonyl (C=O) groups is 5. The average Bonchev–Trinajstić information content (AvgIpc) is 3.13. The molecule has 16 nitrogen and oxygen atoms in total. The van der Waals surface area contributed by atoms with Gasteiger partial charge in [-0.05, 0) is 13.8 Å². The minimum absolute atomic E-state index is 0.0631. The van der Waals surface area contributed by atoms with Crippen LogP contribution in [-0.2, 0) is 33.6 Å². The maximum atomic E-state index is 12.9. The second-order valence-corrected chi connectivity index (χ2v) is 7.79. The number of nitrogen functional groups attached to an aromatic ring is 1. The second kappa shape index (κ2) is 10.1. The largest absolute Gasteiger partial charge is 0.479 e. The van der Waals surface area contributed by atoms with E-state index in [-0.39, 0.29) is 10.8 Å². The van der Waals surface area contributed by atoms with Crippen molar-refractivity contribution in [2.75, 3.05) is 18.9 Å². The molecule has 3 amide bonds.